The number of anilines is 1. The van der Waals surface area contributed by atoms with Gasteiger partial charge in [0.1, 0.15) is 17.2 Å². The van der Waals surface area contributed by atoms with Gasteiger partial charge in [0.2, 0.25) is 10.0 Å². The van der Waals surface area contributed by atoms with Gasteiger partial charge in [0.15, 0.2) is 5.69 Å². The number of hydrogen-bond donors (Lipinski definition) is 0. The maximum absolute atomic E-state index is 12.8. The number of aromatic nitrogens is 3. The highest BCUT2D eigenvalue weighted by Gasteiger charge is 2.43. The van der Waals surface area contributed by atoms with E-state index < -0.39 is 27.5 Å². The van der Waals surface area contributed by atoms with Crippen molar-refractivity contribution in [1.82, 2.24) is 19.3 Å². The van der Waals surface area contributed by atoms with Crippen LogP contribution in [0, 0.1) is 5.92 Å². The topological polar surface area (TPSA) is 88.5 Å². The molecule has 1 fully saturated rings. The van der Waals surface area contributed by atoms with Crippen LogP contribution >= 0.6 is 0 Å². The molecule has 0 N–H and O–H groups in total. The van der Waals surface area contributed by atoms with Gasteiger partial charge in [-0.15, -0.1) is 0 Å². The Bertz CT molecular complexity index is 1270. The van der Waals surface area contributed by atoms with Crippen molar-refractivity contribution in [2.75, 3.05) is 37.3 Å². The molecule has 0 spiro atoms. The van der Waals surface area contributed by atoms with E-state index in [-0.39, 0.29) is 5.92 Å². The van der Waals surface area contributed by atoms with Gasteiger partial charge in [0, 0.05) is 44.1 Å². The minimum absolute atomic E-state index is 0.268. The van der Waals surface area contributed by atoms with Gasteiger partial charge < -0.3 is 9.64 Å². The molecule has 0 aromatic carbocycles. The molecule has 5 heterocycles. The van der Waals surface area contributed by atoms with Crippen LogP contribution in [-0.2, 0) is 22.6 Å². The van der Waals surface area contributed by atoms with Crippen molar-refractivity contribution >= 4 is 21.4 Å². The molecule has 36 heavy (non-hydrogen) atoms. The molecule has 3 aliphatic heterocycles. The lowest BCUT2D eigenvalue weighted by molar-refractivity contribution is -0.141. The van der Waals surface area contributed by atoms with Crippen molar-refractivity contribution in [2.24, 2.45) is 5.92 Å². The molecule has 0 amide bonds. The molecule has 1 atom stereocenters. The van der Waals surface area contributed by atoms with Crippen LogP contribution in [0.25, 0.3) is 5.57 Å². The van der Waals surface area contributed by atoms with Crippen molar-refractivity contribution in [3.8, 4) is 5.75 Å². The summed E-state index contributed by atoms with van der Waals surface area (Å²) in [5.41, 5.74) is 1.59. The Kier molecular flexibility index (Phi) is 6.22. The molecule has 2 aromatic rings. The lowest BCUT2D eigenvalue weighted by Crippen LogP contribution is -2.46. The SMILES string of the molecule is C[C@@]1(C2CCN(c3cnc(C(F)(F)F)cn3)CC2)Cc2cc(C3=CCN(S(C)(=O)=O)CC3)ncc2O1. The van der Waals surface area contributed by atoms with Gasteiger partial charge in [0.05, 0.1) is 30.5 Å². The highest BCUT2D eigenvalue weighted by atomic mass is 32.2. The molecule has 0 aliphatic carbocycles. The normalized spacial score (nSPS) is 23.8. The summed E-state index contributed by atoms with van der Waals surface area (Å²) in [5.74, 6) is 1.49. The third-order valence-corrected chi connectivity index (χ3v) is 8.68. The highest BCUT2D eigenvalue weighted by molar-refractivity contribution is 7.88. The zero-order chi connectivity index (χ0) is 25.7. The summed E-state index contributed by atoms with van der Waals surface area (Å²) in [6, 6.07) is 2.05. The third-order valence-electron chi connectivity index (χ3n) is 7.41. The fourth-order valence-corrected chi connectivity index (χ4v) is 6.09. The number of hydrogen-bond acceptors (Lipinski definition) is 7. The number of pyridine rings is 1. The standard InChI is InChI=1S/C24H28F3N5O3S/c1-23(18-5-7-31(8-6-18)22-15-29-21(14-30-22)24(25,26)27)12-17-11-19(28-13-20(17)35-23)16-3-9-32(10-4-16)36(2,33)34/h3,11,13-15,18H,4-10,12H2,1-2H3/t23-/m0/s1. The minimum Gasteiger partial charge on any atom is -0.485 e. The Morgan fingerprint density at radius 2 is 1.83 bits per heavy atom. The predicted molar refractivity (Wildman–Crippen MR) is 128 cm³/mol. The van der Waals surface area contributed by atoms with Crippen LogP contribution in [0.4, 0.5) is 19.0 Å². The number of ether oxygens (including phenoxy) is 1. The van der Waals surface area contributed by atoms with Crippen molar-refractivity contribution in [3.63, 3.8) is 0 Å². The van der Waals surface area contributed by atoms with Gasteiger partial charge in [-0.25, -0.2) is 18.4 Å². The molecular formula is C24H28F3N5O3S. The number of rotatable bonds is 4. The summed E-state index contributed by atoms with van der Waals surface area (Å²) in [6.45, 7) is 4.22. The predicted octanol–water partition coefficient (Wildman–Crippen LogP) is 3.55. The summed E-state index contributed by atoms with van der Waals surface area (Å²) in [6.07, 6.45) is 5.37. The molecule has 1 saturated heterocycles. The number of alkyl halides is 3. The number of halogens is 3. The fourth-order valence-electron chi connectivity index (χ4n) is 5.32. The zero-order valence-corrected chi connectivity index (χ0v) is 20.9. The number of sulfonamides is 1. The molecule has 0 saturated carbocycles. The van der Waals surface area contributed by atoms with E-state index in [0.717, 1.165) is 48.0 Å². The highest BCUT2D eigenvalue weighted by Crippen LogP contribution is 2.43. The van der Waals surface area contributed by atoms with E-state index in [4.69, 9.17) is 4.74 Å². The first-order valence-corrected chi connectivity index (χ1v) is 13.7. The average molecular weight is 524 g/mol. The number of fused-ring (bicyclic) bond motifs is 1. The van der Waals surface area contributed by atoms with Crippen LogP contribution in [0.15, 0.2) is 30.7 Å². The van der Waals surface area contributed by atoms with Gasteiger partial charge in [0.25, 0.3) is 0 Å². The summed E-state index contributed by atoms with van der Waals surface area (Å²) >= 11 is 0. The largest absolute Gasteiger partial charge is 0.485 e. The lowest BCUT2D eigenvalue weighted by Gasteiger charge is -2.40. The van der Waals surface area contributed by atoms with E-state index >= 15 is 0 Å². The lowest BCUT2D eigenvalue weighted by atomic mass is 9.79. The van der Waals surface area contributed by atoms with E-state index in [9.17, 15) is 21.6 Å². The third kappa shape index (κ3) is 4.93. The van der Waals surface area contributed by atoms with Crippen LogP contribution in [0.5, 0.6) is 5.75 Å². The Morgan fingerprint density at radius 3 is 2.42 bits per heavy atom. The second kappa shape index (κ2) is 8.98. The molecule has 0 radical (unpaired) electrons. The monoisotopic (exact) mass is 523 g/mol. The number of nitrogens with zero attached hydrogens (tertiary/aromatic N) is 5. The zero-order valence-electron chi connectivity index (χ0n) is 20.1. The van der Waals surface area contributed by atoms with E-state index in [1.807, 2.05) is 11.0 Å². The van der Waals surface area contributed by atoms with Crippen molar-refractivity contribution in [3.05, 3.63) is 47.7 Å². The van der Waals surface area contributed by atoms with Crippen LogP contribution in [0.3, 0.4) is 0 Å². The summed E-state index contributed by atoms with van der Waals surface area (Å²) < 4.78 is 69.7. The van der Waals surface area contributed by atoms with Crippen LogP contribution in [-0.4, -0.2) is 65.7 Å². The van der Waals surface area contributed by atoms with E-state index in [1.165, 1.54) is 16.8 Å². The molecule has 5 rings (SSSR count). The Hall–Kier alpha value is -2.73. The second-order valence-electron chi connectivity index (χ2n) is 9.89. The first-order valence-electron chi connectivity index (χ1n) is 11.9. The van der Waals surface area contributed by atoms with E-state index in [2.05, 4.69) is 27.9 Å². The summed E-state index contributed by atoms with van der Waals surface area (Å²) in [4.78, 5) is 14.0. The molecular weight excluding hydrogens is 495 g/mol. The molecule has 0 bridgehead atoms. The molecule has 194 valence electrons. The minimum atomic E-state index is -4.50. The molecule has 3 aliphatic rings. The molecule has 12 heteroatoms. The average Bonchev–Trinajstić information content (AvgIpc) is 3.20. The Morgan fingerprint density at radius 1 is 1.08 bits per heavy atom. The molecule has 0 unspecified atom stereocenters. The van der Waals surface area contributed by atoms with Crippen LogP contribution in [0.1, 0.15) is 43.1 Å². The maximum atomic E-state index is 12.8. The summed E-state index contributed by atoms with van der Waals surface area (Å²) in [5, 5.41) is 0. The summed E-state index contributed by atoms with van der Waals surface area (Å²) in [7, 11) is -3.21. The number of piperidine rings is 1. The van der Waals surface area contributed by atoms with E-state index in [0.29, 0.717) is 38.4 Å². The molecule has 2 aromatic heterocycles. The Labute approximate surface area is 208 Å². The fraction of sp³-hybridized carbons (Fsp3) is 0.542. The van der Waals surface area contributed by atoms with Crippen LogP contribution in [0.2, 0.25) is 0 Å². The second-order valence-corrected chi connectivity index (χ2v) is 11.9. The van der Waals surface area contributed by atoms with Crippen LogP contribution < -0.4 is 9.64 Å². The van der Waals surface area contributed by atoms with Crippen molar-refractivity contribution < 1.29 is 26.3 Å². The van der Waals surface area contributed by atoms with Gasteiger partial charge in [-0.3, -0.25) is 4.98 Å². The maximum Gasteiger partial charge on any atom is 0.434 e. The first-order chi connectivity index (χ1) is 16.9. The Balaban J connectivity index is 1.22. The van der Waals surface area contributed by atoms with Gasteiger partial charge in [-0.05, 0) is 37.8 Å². The quantitative estimate of drug-likeness (QED) is 0.606. The van der Waals surface area contributed by atoms with Gasteiger partial charge >= 0.3 is 6.18 Å². The smallest absolute Gasteiger partial charge is 0.434 e. The van der Waals surface area contributed by atoms with Crippen molar-refractivity contribution in [1.29, 1.82) is 0 Å². The van der Waals surface area contributed by atoms with Gasteiger partial charge in [-0.1, -0.05) is 6.08 Å². The van der Waals surface area contributed by atoms with Gasteiger partial charge in [-0.2, -0.15) is 17.5 Å². The molecule has 8 nitrogen and oxygen atoms in total. The first kappa shape index (κ1) is 24.9. The van der Waals surface area contributed by atoms with Crippen molar-refractivity contribution in [2.45, 2.75) is 44.4 Å². The van der Waals surface area contributed by atoms with E-state index in [1.54, 1.807) is 6.20 Å².